The highest BCUT2D eigenvalue weighted by molar-refractivity contribution is 9.10. The van der Waals surface area contributed by atoms with Crippen molar-refractivity contribution in [2.45, 2.75) is 20.0 Å². The van der Waals surface area contributed by atoms with Crippen molar-refractivity contribution >= 4 is 27.3 Å². The molecule has 2 aromatic heterocycles. The minimum absolute atomic E-state index is 0.593. The molecule has 0 saturated carbocycles. The van der Waals surface area contributed by atoms with Crippen LogP contribution in [0.2, 0.25) is 0 Å². The second-order valence-corrected chi connectivity index (χ2v) is 5.56. The fourth-order valence-electron chi connectivity index (χ4n) is 1.42. The maximum Gasteiger partial charge on any atom is 0.147 e. The number of hydrogen-bond donors (Lipinski definition) is 1. The zero-order chi connectivity index (χ0) is 11.0. The summed E-state index contributed by atoms with van der Waals surface area (Å²) in [5.74, 6) is 1.41. The van der Waals surface area contributed by atoms with Gasteiger partial charge >= 0.3 is 0 Å². The van der Waals surface area contributed by atoms with Gasteiger partial charge in [0.1, 0.15) is 17.6 Å². The van der Waals surface area contributed by atoms with Crippen LogP contribution in [0.4, 0.5) is 0 Å². The molecule has 2 heterocycles. The first-order chi connectivity index (χ1) is 7.08. The summed E-state index contributed by atoms with van der Waals surface area (Å²) < 4.78 is 6.34. The van der Waals surface area contributed by atoms with Crippen LogP contribution in [-0.4, -0.2) is 5.11 Å². The molecule has 0 aliphatic rings. The molecule has 0 aromatic carbocycles. The van der Waals surface area contributed by atoms with Crippen LogP contribution < -0.4 is 0 Å². The Morgan fingerprint density at radius 1 is 1.40 bits per heavy atom. The van der Waals surface area contributed by atoms with Crippen LogP contribution in [0, 0.1) is 13.8 Å². The molecule has 0 radical (unpaired) electrons. The molecule has 4 heteroatoms. The van der Waals surface area contributed by atoms with Gasteiger partial charge in [0.2, 0.25) is 0 Å². The second kappa shape index (κ2) is 4.12. The van der Waals surface area contributed by atoms with Crippen LogP contribution in [0.25, 0.3) is 0 Å². The molecule has 1 atom stereocenters. The van der Waals surface area contributed by atoms with E-state index in [9.17, 15) is 5.11 Å². The van der Waals surface area contributed by atoms with Crippen molar-refractivity contribution < 1.29 is 9.52 Å². The van der Waals surface area contributed by atoms with E-state index >= 15 is 0 Å². The summed E-state index contributed by atoms with van der Waals surface area (Å²) in [6.07, 6.45) is -0.674. The number of aliphatic hydroxyl groups excluding tert-OH is 1. The van der Waals surface area contributed by atoms with E-state index < -0.39 is 6.10 Å². The van der Waals surface area contributed by atoms with Crippen LogP contribution in [-0.2, 0) is 0 Å². The number of thiophene rings is 1. The molecule has 0 aliphatic heterocycles. The van der Waals surface area contributed by atoms with E-state index in [-0.39, 0.29) is 0 Å². The largest absolute Gasteiger partial charge is 0.463 e. The van der Waals surface area contributed by atoms with Crippen LogP contribution in [0.1, 0.15) is 27.4 Å². The zero-order valence-corrected chi connectivity index (χ0v) is 10.9. The molecule has 0 saturated heterocycles. The van der Waals surface area contributed by atoms with Gasteiger partial charge in [0.25, 0.3) is 0 Å². The van der Waals surface area contributed by atoms with Crippen molar-refractivity contribution in [2.75, 3.05) is 0 Å². The zero-order valence-electron chi connectivity index (χ0n) is 8.45. The van der Waals surface area contributed by atoms with E-state index in [0.29, 0.717) is 5.76 Å². The predicted molar refractivity (Wildman–Crippen MR) is 64.3 cm³/mol. The van der Waals surface area contributed by atoms with Gasteiger partial charge in [-0.05, 0) is 48.0 Å². The molecule has 80 valence electrons. The standard InChI is InChI=1S/C11H11BrO2S/c1-6-3-4-9(14-6)10(13)11-8(12)5-7(2)15-11/h3-5,10,13H,1-2H3. The number of halogens is 1. The Morgan fingerprint density at radius 2 is 2.13 bits per heavy atom. The Kier molecular flexibility index (Phi) is 3.00. The van der Waals surface area contributed by atoms with Crippen molar-refractivity contribution in [2.24, 2.45) is 0 Å². The highest BCUT2D eigenvalue weighted by Crippen LogP contribution is 2.35. The normalized spacial score (nSPS) is 13.1. The Bertz CT molecular complexity index is 473. The van der Waals surface area contributed by atoms with Crippen molar-refractivity contribution in [1.29, 1.82) is 0 Å². The molecule has 2 nitrogen and oxygen atoms in total. The molecule has 1 unspecified atom stereocenters. The van der Waals surface area contributed by atoms with E-state index in [1.807, 2.05) is 32.0 Å². The maximum atomic E-state index is 10.1. The number of aliphatic hydroxyl groups is 1. The first-order valence-electron chi connectivity index (χ1n) is 4.58. The Labute approximate surface area is 101 Å². The van der Waals surface area contributed by atoms with Crippen molar-refractivity contribution in [3.63, 3.8) is 0 Å². The summed E-state index contributed by atoms with van der Waals surface area (Å²) in [7, 11) is 0. The lowest BCUT2D eigenvalue weighted by Gasteiger charge is -2.05. The van der Waals surface area contributed by atoms with Crippen LogP contribution in [0.5, 0.6) is 0 Å². The summed E-state index contributed by atoms with van der Waals surface area (Å²) in [6.45, 7) is 3.88. The fourth-order valence-corrected chi connectivity index (χ4v) is 3.28. The lowest BCUT2D eigenvalue weighted by atomic mass is 10.2. The SMILES string of the molecule is Cc1ccc(C(O)c2sc(C)cc2Br)o1. The monoisotopic (exact) mass is 286 g/mol. The molecule has 1 N–H and O–H groups in total. The van der Waals surface area contributed by atoms with Gasteiger partial charge in [0.05, 0.1) is 4.88 Å². The third-order valence-corrected chi connectivity index (χ3v) is 4.14. The lowest BCUT2D eigenvalue weighted by molar-refractivity contribution is 0.190. The lowest BCUT2D eigenvalue weighted by Crippen LogP contribution is -1.95. The van der Waals surface area contributed by atoms with Crippen molar-refractivity contribution in [1.82, 2.24) is 0 Å². The van der Waals surface area contributed by atoms with Gasteiger partial charge in [-0.25, -0.2) is 0 Å². The second-order valence-electron chi connectivity index (χ2n) is 3.42. The summed E-state index contributed by atoms with van der Waals surface area (Å²) in [5, 5.41) is 10.1. The van der Waals surface area contributed by atoms with Crippen molar-refractivity contribution in [3.8, 4) is 0 Å². The first-order valence-corrected chi connectivity index (χ1v) is 6.19. The van der Waals surface area contributed by atoms with Gasteiger partial charge in [-0.3, -0.25) is 0 Å². The summed E-state index contributed by atoms with van der Waals surface area (Å²) in [5.41, 5.74) is 0. The summed E-state index contributed by atoms with van der Waals surface area (Å²) in [4.78, 5) is 2.06. The molecule has 2 aromatic rings. The molecule has 0 fully saturated rings. The molecular formula is C11H11BrO2S. The van der Waals surface area contributed by atoms with Gasteiger partial charge in [0, 0.05) is 9.35 Å². The van der Waals surface area contributed by atoms with E-state index in [1.165, 1.54) is 4.88 Å². The third kappa shape index (κ3) is 2.17. The average molecular weight is 287 g/mol. The summed E-state index contributed by atoms with van der Waals surface area (Å²) in [6, 6.07) is 5.66. The van der Waals surface area contributed by atoms with Crippen LogP contribution in [0.15, 0.2) is 27.1 Å². The molecule has 15 heavy (non-hydrogen) atoms. The predicted octanol–water partition coefficient (Wildman–Crippen LogP) is 3.80. The van der Waals surface area contributed by atoms with E-state index in [1.54, 1.807) is 11.3 Å². The van der Waals surface area contributed by atoms with E-state index in [2.05, 4.69) is 15.9 Å². The van der Waals surface area contributed by atoms with Crippen molar-refractivity contribution in [3.05, 3.63) is 43.9 Å². The van der Waals surface area contributed by atoms with Gasteiger partial charge in [-0.1, -0.05) is 0 Å². The molecule has 2 rings (SSSR count). The molecule has 0 aliphatic carbocycles. The highest BCUT2D eigenvalue weighted by Gasteiger charge is 2.19. The van der Waals surface area contributed by atoms with Crippen LogP contribution in [0.3, 0.4) is 0 Å². The maximum absolute atomic E-state index is 10.1. The quantitative estimate of drug-likeness (QED) is 0.911. The van der Waals surface area contributed by atoms with Gasteiger partial charge in [0.15, 0.2) is 0 Å². The molecular weight excluding hydrogens is 276 g/mol. The van der Waals surface area contributed by atoms with Gasteiger partial charge in [-0.15, -0.1) is 11.3 Å². The average Bonchev–Trinajstić information content (AvgIpc) is 2.71. The first kappa shape index (κ1) is 10.9. The Hall–Kier alpha value is -0.580. The Morgan fingerprint density at radius 3 is 2.60 bits per heavy atom. The third-order valence-electron chi connectivity index (χ3n) is 2.12. The number of rotatable bonds is 2. The Balaban J connectivity index is 2.35. The van der Waals surface area contributed by atoms with Crippen LogP contribution >= 0.6 is 27.3 Å². The van der Waals surface area contributed by atoms with Gasteiger partial charge in [-0.2, -0.15) is 0 Å². The van der Waals surface area contributed by atoms with Gasteiger partial charge < -0.3 is 9.52 Å². The number of hydrogen-bond acceptors (Lipinski definition) is 3. The highest BCUT2D eigenvalue weighted by atomic mass is 79.9. The summed E-state index contributed by atoms with van der Waals surface area (Å²) >= 11 is 5.00. The number of furan rings is 1. The molecule has 0 bridgehead atoms. The topological polar surface area (TPSA) is 33.4 Å². The molecule has 0 amide bonds. The number of aryl methyl sites for hydroxylation is 2. The fraction of sp³-hybridized carbons (Fsp3) is 0.273. The van der Waals surface area contributed by atoms with E-state index in [0.717, 1.165) is 15.1 Å². The minimum atomic E-state index is -0.674. The van der Waals surface area contributed by atoms with E-state index in [4.69, 9.17) is 4.42 Å². The minimum Gasteiger partial charge on any atom is -0.463 e. The molecule has 0 spiro atoms. The smallest absolute Gasteiger partial charge is 0.147 e.